The minimum atomic E-state index is -0.175. The lowest BCUT2D eigenvalue weighted by atomic mass is 10.1. The second-order valence-corrected chi connectivity index (χ2v) is 6.02. The highest BCUT2D eigenvalue weighted by atomic mass is 16.6. The van der Waals surface area contributed by atoms with Crippen molar-refractivity contribution >= 4 is 28.3 Å². The molecule has 122 valence electrons. The van der Waals surface area contributed by atoms with Crippen LogP contribution in [0.1, 0.15) is 29.6 Å². The fourth-order valence-electron chi connectivity index (χ4n) is 3.03. The Hall–Kier alpha value is -2.89. The predicted octanol–water partition coefficient (Wildman–Crippen LogP) is 3.47. The molecule has 1 saturated heterocycles. The van der Waals surface area contributed by atoms with Gasteiger partial charge in [-0.15, -0.1) is 0 Å². The molecule has 1 aliphatic rings. The van der Waals surface area contributed by atoms with Gasteiger partial charge in [0.2, 0.25) is 0 Å². The molecule has 0 bridgehead atoms. The van der Waals surface area contributed by atoms with Crippen LogP contribution in [0, 0.1) is 0 Å². The van der Waals surface area contributed by atoms with Gasteiger partial charge in [0.05, 0.1) is 0 Å². The van der Waals surface area contributed by atoms with E-state index in [9.17, 15) is 4.79 Å². The largest absolute Gasteiger partial charge is 0.372 e. The minimum Gasteiger partial charge on any atom is -0.372 e. The lowest BCUT2D eigenvalue weighted by molar-refractivity contribution is 0.102. The van der Waals surface area contributed by atoms with E-state index >= 15 is 0 Å². The van der Waals surface area contributed by atoms with Crippen LogP contribution in [-0.4, -0.2) is 29.3 Å². The Balaban J connectivity index is 1.46. The van der Waals surface area contributed by atoms with Crippen LogP contribution in [0.25, 0.3) is 11.0 Å². The van der Waals surface area contributed by atoms with Crippen LogP contribution in [0.5, 0.6) is 0 Å². The normalized spacial score (nSPS) is 14.8. The fourth-order valence-corrected chi connectivity index (χ4v) is 3.03. The molecule has 24 heavy (non-hydrogen) atoms. The van der Waals surface area contributed by atoms with Gasteiger partial charge < -0.3 is 10.2 Å². The van der Waals surface area contributed by atoms with Crippen LogP contribution in [-0.2, 0) is 0 Å². The van der Waals surface area contributed by atoms with Gasteiger partial charge in [-0.25, -0.2) is 4.63 Å². The van der Waals surface area contributed by atoms with Crippen LogP contribution in [0.2, 0.25) is 0 Å². The number of anilines is 2. The van der Waals surface area contributed by atoms with E-state index < -0.39 is 0 Å². The van der Waals surface area contributed by atoms with Crippen molar-refractivity contribution in [2.24, 2.45) is 0 Å². The summed E-state index contributed by atoms with van der Waals surface area (Å²) < 4.78 is 4.65. The number of hydrogen-bond donors (Lipinski definition) is 1. The second kappa shape index (κ2) is 6.31. The molecule has 2 heterocycles. The number of fused-ring (bicyclic) bond motifs is 1. The molecule has 0 saturated carbocycles. The number of hydrogen-bond acceptors (Lipinski definition) is 5. The number of carbonyl (C=O) groups is 1. The number of rotatable bonds is 3. The third-order valence-corrected chi connectivity index (χ3v) is 4.36. The van der Waals surface area contributed by atoms with Crippen molar-refractivity contribution in [1.82, 2.24) is 10.3 Å². The van der Waals surface area contributed by atoms with Crippen LogP contribution >= 0.6 is 0 Å². The average molecular weight is 322 g/mol. The van der Waals surface area contributed by atoms with Crippen LogP contribution in [0.4, 0.5) is 11.4 Å². The molecule has 6 heteroatoms. The molecule has 4 rings (SSSR count). The average Bonchev–Trinajstić information content (AvgIpc) is 3.11. The van der Waals surface area contributed by atoms with Gasteiger partial charge in [0, 0.05) is 30.0 Å². The maximum absolute atomic E-state index is 12.4. The number of carbonyl (C=O) groups excluding carboxylic acids is 1. The zero-order chi connectivity index (χ0) is 16.4. The summed E-state index contributed by atoms with van der Waals surface area (Å²) in [4.78, 5) is 14.8. The van der Waals surface area contributed by atoms with Crippen molar-refractivity contribution in [2.75, 3.05) is 23.3 Å². The Morgan fingerprint density at radius 3 is 2.50 bits per heavy atom. The topological polar surface area (TPSA) is 71.3 Å². The Morgan fingerprint density at radius 1 is 0.958 bits per heavy atom. The summed E-state index contributed by atoms with van der Waals surface area (Å²) in [6, 6.07) is 13.1. The van der Waals surface area contributed by atoms with Gasteiger partial charge >= 0.3 is 0 Å². The van der Waals surface area contributed by atoms with E-state index in [1.54, 1.807) is 18.2 Å². The standard InChI is InChI=1S/C18H18N4O2/c23-18(13-4-9-16-17(12-13)21-24-20-16)19-14-5-7-15(8-6-14)22-10-2-1-3-11-22/h4-9,12H,1-3,10-11H2,(H,19,23). The third kappa shape index (κ3) is 2.95. The van der Waals surface area contributed by atoms with Crippen LogP contribution in [0.3, 0.4) is 0 Å². The maximum Gasteiger partial charge on any atom is 0.255 e. The van der Waals surface area contributed by atoms with E-state index in [1.807, 2.05) is 12.1 Å². The van der Waals surface area contributed by atoms with Gasteiger partial charge in [-0.3, -0.25) is 4.79 Å². The molecule has 0 aliphatic carbocycles. The minimum absolute atomic E-state index is 0.175. The Labute approximate surface area is 139 Å². The maximum atomic E-state index is 12.4. The van der Waals surface area contributed by atoms with Gasteiger partial charge in [-0.2, -0.15) is 0 Å². The molecule has 0 radical (unpaired) electrons. The van der Waals surface area contributed by atoms with Gasteiger partial charge in [0.15, 0.2) is 0 Å². The second-order valence-electron chi connectivity index (χ2n) is 6.02. The zero-order valence-electron chi connectivity index (χ0n) is 13.2. The summed E-state index contributed by atoms with van der Waals surface area (Å²) in [5, 5.41) is 10.4. The summed E-state index contributed by atoms with van der Waals surface area (Å²) in [6.45, 7) is 2.22. The molecule has 0 atom stereocenters. The first kappa shape index (κ1) is 14.7. The fraction of sp³-hybridized carbons (Fsp3) is 0.278. The van der Waals surface area contributed by atoms with Crippen molar-refractivity contribution in [1.29, 1.82) is 0 Å². The lowest BCUT2D eigenvalue weighted by Gasteiger charge is -2.28. The van der Waals surface area contributed by atoms with Crippen molar-refractivity contribution < 1.29 is 9.42 Å². The van der Waals surface area contributed by atoms with E-state index in [0.29, 0.717) is 16.6 Å². The molecular weight excluding hydrogens is 304 g/mol. The van der Waals surface area contributed by atoms with E-state index in [-0.39, 0.29) is 5.91 Å². The van der Waals surface area contributed by atoms with Gasteiger partial charge in [-0.1, -0.05) is 0 Å². The first-order chi connectivity index (χ1) is 11.8. The Morgan fingerprint density at radius 2 is 1.71 bits per heavy atom. The molecule has 1 aliphatic heterocycles. The highest BCUT2D eigenvalue weighted by molar-refractivity contribution is 6.05. The molecule has 1 amide bonds. The van der Waals surface area contributed by atoms with Crippen LogP contribution in [0.15, 0.2) is 47.1 Å². The van der Waals surface area contributed by atoms with E-state index in [4.69, 9.17) is 0 Å². The van der Waals surface area contributed by atoms with Crippen molar-refractivity contribution in [2.45, 2.75) is 19.3 Å². The lowest BCUT2D eigenvalue weighted by Crippen LogP contribution is -2.29. The van der Waals surface area contributed by atoms with E-state index in [2.05, 4.69) is 37.3 Å². The summed E-state index contributed by atoms with van der Waals surface area (Å²) in [7, 11) is 0. The Kier molecular flexibility index (Phi) is 3.86. The third-order valence-electron chi connectivity index (χ3n) is 4.36. The molecular formula is C18H18N4O2. The number of aromatic nitrogens is 2. The van der Waals surface area contributed by atoms with Gasteiger partial charge in [0.1, 0.15) is 11.0 Å². The van der Waals surface area contributed by atoms with E-state index in [1.165, 1.54) is 24.9 Å². The van der Waals surface area contributed by atoms with Crippen molar-refractivity contribution in [3.05, 3.63) is 48.0 Å². The number of piperidine rings is 1. The highest BCUT2D eigenvalue weighted by Gasteiger charge is 2.12. The molecule has 1 N–H and O–H groups in total. The molecule has 1 fully saturated rings. The summed E-state index contributed by atoms with van der Waals surface area (Å²) in [6.07, 6.45) is 3.81. The van der Waals surface area contributed by atoms with Crippen molar-refractivity contribution in [3.8, 4) is 0 Å². The SMILES string of the molecule is O=C(Nc1ccc(N2CCCCC2)cc1)c1ccc2nonc2c1. The summed E-state index contributed by atoms with van der Waals surface area (Å²) in [5.74, 6) is -0.175. The van der Waals surface area contributed by atoms with Crippen molar-refractivity contribution in [3.63, 3.8) is 0 Å². The number of benzene rings is 2. The quantitative estimate of drug-likeness (QED) is 0.799. The monoisotopic (exact) mass is 322 g/mol. The zero-order valence-corrected chi connectivity index (χ0v) is 13.2. The van der Waals surface area contributed by atoms with E-state index in [0.717, 1.165) is 18.8 Å². The molecule has 6 nitrogen and oxygen atoms in total. The summed E-state index contributed by atoms with van der Waals surface area (Å²) >= 11 is 0. The molecule has 1 aromatic heterocycles. The van der Waals surface area contributed by atoms with Gasteiger partial charge in [0.25, 0.3) is 5.91 Å². The molecule has 0 unspecified atom stereocenters. The number of nitrogens with zero attached hydrogens (tertiary/aromatic N) is 3. The number of amides is 1. The smallest absolute Gasteiger partial charge is 0.255 e. The first-order valence-corrected chi connectivity index (χ1v) is 8.18. The summed E-state index contributed by atoms with van der Waals surface area (Å²) in [5.41, 5.74) is 3.72. The molecule has 3 aromatic rings. The highest BCUT2D eigenvalue weighted by Crippen LogP contribution is 2.22. The van der Waals surface area contributed by atoms with Gasteiger partial charge in [-0.05, 0) is 72.0 Å². The molecule has 2 aromatic carbocycles. The van der Waals surface area contributed by atoms with Crippen LogP contribution < -0.4 is 10.2 Å². The predicted molar refractivity (Wildman–Crippen MR) is 92.3 cm³/mol. The first-order valence-electron chi connectivity index (χ1n) is 8.18. The Bertz CT molecular complexity index is 851. The number of nitrogens with one attached hydrogen (secondary N) is 1. The molecule has 0 spiro atoms.